The number of rotatable bonds is 6. The van der Waals surface area contributed by atoms with Gasteiger partial charge in [-0.3, -0.25) is 9.59 Å². The van der Waals surface area contributed by atoms with Crippen LogP contribution in [-0.2, 0) is 28.6 Å². The van der Waals surface area contributed by atoms with Gasteiger partial charge in [0.25, 0.3) is 11.5 Å². The van der Waals surface area contributed by atoms with E-state index in [9.17, 15) is 14.7 Å². The summed E-state index contributed by atoms with van der Waals surface area (Å²) in [5.41, 5.74) is 7.36. The Morgan fingerprint density at radius 3 is 2.40 bits per heavy atom. The Bertz CT molecular complexity index is 1840. The summed E-state index contributed by atoms with van der Waals surface area (Å²) in [4.78, 5) is 37.3. The van der Waals surface area contributed by atoms with Crippen LogP contribution in [-0.4, -0.2) is 32.4 Å². The molecule has 2 saturated carbocycles. The van der Waals surface area contributed by atoms with Crippen molar-refractivity contribution in [3.05, 3.63) is 122 Å². The van der Waals surface area contributed by atoms with Crippen molar-refractivity contribution < 1.29 is 9.90 Å². The maximum Gasteiger partial charge on any atom is 0.256 e. The highest BCUT2D eigenvalue weighted by atomic mass is 16.3. The van der Waals surface area contributed by atoms with E-state index in [1.807, 2.05) is 18.2 Å². The van der Waals surface area contributed by atoms with Crippen molar-refractivity contribution in [2.24, 2.45) is 0 Å². The van der Waals surface area contributed by atoms with E-state index in [2.05, 4.69) is 74.3 Å². The fourth-order valence-electron chi connectivity index (χ4n) is 7.72. The van der Waals surface area contributed by atoms with Gasteiger partial charge >= 0.3 is 0 Å². The minimum Gasteiger partial charge on any atom is -0.378 e. The Morgan fingerprint density at radius 1 is 0.936 bits per heavy atom. The van der Waals surface area contributed by atoms with Crippen LogP contribution < -0.4 is 5.56 Å². The summed E-state index contributed by atoms with van der Waals surface area (Å²) in [5.74, 6) is 0.994. The van der Waals surface area contributed by atoms with E-state index in [-0.39, 0.29) is 28.8 Å². The van der Waals surface area contributed by atoms with Gasteiger partial charge in [0.05, 0.1) is 23.2 Å². The van der Waals surface area contributed by atoms with Gasteiger partial charge in [-0.1, -0.05) is 107 Å². The van der Waals surface area contributed by atoms with Crippen LogP contribution in [0.25, 0.3) is 11.1 Å². The number of nitrogens with zero attached hydrogens (tertiary/aromatic N) is 2. The molecule has 2 heterocycles. The molecule has 2 aliphatic carbocycles. The van der Waals surface area contributed by atoms with Crippen LogP contribution in [0.15, 0.2) is 77.6 Å². The summed E-state index contributed by atoms with van der Waals surface area (Å²) >= 11 is 0. The van der Waals surface area contributed by atoms with Crippen molar-refractivity contribution >= 4 is 5.91 Å². The molecule has 7 rings (SSSR count). The number of aromatic nitrogens is 2. The molecule has 2 N–H and O–H groups in total. The smallest absolute Gasteiger partial charge is 0.256 e. The molecule has 0 unspecified atom stereocenters. The normalized spacial score (nSPS) is 18.7. The van der Waals surface area contributed by atoms with Gasteiger partial charge in [0.1, 0.15) is 5.82 Å². The second kappa shape index (κ2) is 12.5. The molecule has 244 valence electrons. The average Bonchev–Trinajstić information content (AvgIpc) is 3.93. The number of nitrogens with one attached hydrogen (secondary N) is 1. The van der Waals surface area contributed by atoms with E-state index < -0.39 is 6.10 Å². The number of fused-ring (bicyclic) bond motifs is 1. The fourth-order valence-corrected chi connectivity index (χ4v) is 7.72. The number of aliphatic hydroxyl groups excluding tert-OH is 1. The number of benzene rings is 3. The Labute approximate surface area is 278 Å². The van der Waals surface area contributed by atoms with Crippen molar-refractivity contribution in [2.45, 2.75) is 108 Å². The maximum absolute atomic E-state index is 13.7. The predicted octanol–water partition coefficient (Wildman–Crippen LogP) is 7.87. The molecule has 0 bridgehead atoms. The monoisotopic (exact) mass is 629 g/mol. The minimum absolute atomic E-state index is 0.0124. The summed E-state index contributed by atoms with van der Waals surface area (Å²) in [6.45, 7) is 7.17. The van der Waals surface area contributed by atoms with Crippen LogP contribution in [0, 0.1) is 0 Å². The molecule has 0 saturated heterocycles. The molecular formula is C41H47N3O3. The number of aliphatic hydroxyl groups is 1. The maximum atomic E-state index is 13.7. The minimum atomic E-state index is -1.32. The number of carbonyl (C=O) groups excluding carboxylic acids is 1. The zero-order valence-corrected chi connectivity index (χ0v) is 28.0. The van der Waals surface area contributed by atoms with Gasteiger partial charge in [0.2, 0.25) is 0 Å². The fraction of sp³-hybridized carbons (Fsp3) is 0.439. The van der Waals surface area contributed by atoms with Crippen molar-refractivity contribution in [3.63, 3.8) is 0 Å². The number of aromatic amines is 1. The summed E-state index contributed by atoms with van der Waals surface area (Å²) in [6, 6.07) is 25.0. The molecule has 2 fully saturated rings. The highest BCUT2D eigenvalue weighted by molar-refractivity contribution is 5.83. The molecule has 6 heteroatoms. The van der Waals surface area contributed by atoms with Crippen molar-refractivity contribution in [2.75, 3.05) is 6.54 Å². The molecule has 1 aromatic heterocycles. The Hall–Kier alpha value is -4.03. The quantitative estimate of drug-likeness (QED) is 0.227. The molecule has 1 atom stereocenters. The molecule has 6 nitrogen and oxygen atoms in total. The lowest BCUT2D eigenvalue weighted by Gasteiger charge is -2.25. The number of hydrogen-bond donors (Lipinski definition) is 2. The Morgan fingerprint density at radius 2 is 1.66 bits per heavy atom. The number of aryl methyl sites for hydroxylation is 1. The second-order valence-electron chi connectivity index (χ2n) is 15.1. The molecule has 1 amide bonds. The average molecular weight is 630 g/mol. The number of hydrogen-bond acceptors (Lipinski definition) is 4. The molecular weight excluding hydrogens is 582 g/mol. The van der Waals surface area contributed by atoms with Crippen LogP contribution in [0.3, 0.4) is 0 Å². The highest BCUT2D eigenvalue weighted by Crippen LogP contribution is 2.52. The first-order chi connectivity index (χ1) is 22.6. The van der Waals surface area contributed by atoms with Crippen LogP contribution in [0.2, 0.25) is 0 Å². The molecule has 1 aliphatic heterocycles. The van der Waals surface area contributed by atoms with Gasteiger partial charge in [-0.05, 0) is 89.3 Å². The third-order valence-electron chi connectivity index (χ3n) is 10.8. The Kier molecular flexibility index (Phi) is 8.42. The SMILES string of the molecule is CC(C)(C)c1cccc(-c2cccc([C@@H](O)C(=O)N3CCCc4nc(C5(c6cccc(C7CCCCC7)c6)CC5)[nH]c(=O)c4C3)c2)c1. The van der Waals surface area contributed by atoms with Crippen LogP contribution in [0.4, 0.5) is 0 Å². The topological polar surface area (TPSA) is 86.3 Å². The van der Waals surface area contributed by atoms with Gasteiger partial charge in [-0.2, -0.15) is 0 Å². The van der Waals surface area contributed by atoms with Gasteiger partial charge in [-0.25, -0.2) is 4.98 Å². The van der Waals surface area contributed by atoms with Gasteiger partial charge in [0.15, 0.2) is 6.10 Å². The summed E-state index contributed by atoms with van der Waals surface area (Å²) in [5, 5.41) is 11.3. The zero-order valence-electron chi connectivity index (χ0n) is 28.0. The van der Waals surface area contributed by atoms with E-state index in [0.29, 0.717) is 36.4 Å². The second-order valence-corrected chi connectivity index (χ2v) is 15.1. The molecule has 3 aromatic carbocycles. The Balaban J connectivity index is 1.11. The van der Waals surface area contributed by atoms with Gasteiger partial charge in [-0.15, -0.1) is 0 Å². The van der Waals surface area contributed by atoms with Crippen molar-refractivity contribution in [1.82, 2.24) is 14.9 Å². The van der Waals surface area contributed by atoms with Crippen molar-refractivity contribution in [3.8, 4) is 11.1 Å². The van der Waals surface area contributed by atoms with Crippen LogP contribution in [0.1, 0.15) is 123 Å². The lowest BCUT2D eigenvalue weighted by Crippen LogP contribution is -2.36. The summed E-state index contributed by atoms with van der Waals surface area (Å²) in [7, 11) is 0. The van der Waals surface area contributed by atoms with E-state index in [4.69, 9.17) is 4.98 Å². The summed E-state index contributed by atoms with van der Waals surface area (Å²) in [6.07, 6.45) is 8.38. The first-order valence-electron chi connectivity index (χ1n) is 17.5. The van der Waals surface area contributed by atoms with E-state index >= 15 is 0 Å². The third-order valence-corrected chi connectivity index (χ3v) is 10.8. The lowest BCUT2D eigenvalue weighted by atomic mass is 9.82. The van der Waals surface area contributed by atoms with Gasteiger partial charge in [0, 0.05) is 6.54 Å². The van der Waals surface area contributed by atoms with E-state index in [1.54, 1.807) is 11.0 Å². The summed E-state index contributed by atoms with van der Waals surface area (Å²) < 4.78 is 0. The first kappa shape index (κ1) is 31.6. The van der Waals surface area contributed by atoms with E-state index in [0.717, 1.165) is 35.5 Å². The van der Waals surface area contributed by atoms with Gasteiger partial charge < -0.3 is 15.0 Å². The van der Waals surface area contributed by atoms with E-state index in [1.165, 1.54) is 48.8 Å². The highest BCUT2D eigenvalue weighted by Gasteiger charge is 2.49. The number of carbonyl (C=O) groups is 1. The zero-order chi connectivity index (χ0) is 32.8. The van der Waals surface area contributed by atoms with Crippen molar-refractivity contribution in [1.29, 1.82) is 0 Å². The third kappa shape index (κ3) is 6.32. The first-order valence-corrected chi connectivity index (χ1v) is 17.5. The standard InChI is InChI=1S/C41H47N3O3/c1-40(2,3)32-17-8-15-30(24-32)28-13-7-16-31(23-28)36(45)38(47)44-22-10-19-35-34(26-44)37(46)43-39(42-35)41(20-21-41)33-18-9-14-29(25-33)27-11-5-4-6-12-27/h7-9,13-18,23-25,27,36,45H,4-6,10-12,19-22,26H2,1-3H3,(H,42,43,46)/t36-/m1/s1. The van der Waals surface area contributed by atoms with Crippen LogP contribution in [0.5, 0.6) is 0 Å². The molecule has 0 radical (unpaired) electrons. The molecule has 0 spiro atoms. The molecule has 3 aliphatic rings. The molecule has 47 heavy (non-hydrogen) atoms. The predicted molar refractivity (Wildman–Crippen MR) is 186 cm³/mol. The number of amides is 1. The van der Waals surface area contributed by atoms with Crippen LogP contribution >= 0.6 is 0 Å². The largest absolute Gasteiger partial charge is 0.378 e. The lowest BCUT2D eigenvalue weighted by molar-refractivity contribution is -0.141. The number of H-pyrrole nitrogens is 1. The molecule has 4 aromatic rings.